The van der Waals surface area contributed by atoms with Gasteiger partial charge in [-0.3, -0.25) is 0 Å². The SMILES string of the molecule is CN(CCCSS(=O)(=O)c1ccccc1)C(=O)OC(C)(C)C. The fourth-order valence-corrected chi connectivity index (χ4v) is 4.40. The van der Waals surface area contributed by atoms with Gasteiger partial charge in [0.05, 0.1) is 4.90 Å². The lowest BCUT2D eigenvalue weighted by Gasteiger charge is -2.24. The van der Waals surface area contributed by atoms with E-state index in [4.69, 9.17) is 4.74 Å². The van der Waals surface area contributed by atoms with Crippen molar-refractivity contribution in [2.24, 2.45) is 0 Å². The molecular weight excluding hydrogens is 322 g/mol. The van der Waals surface area contributed by atoms with Gasteiger partial charge in [-0.15, -0.1) is 0 Å². The molecule has 5 nitrogen and oxygen atoms in total. The number of ether oxygens (including phenoxy) is 1. The van der Waals surface area contributed by atoms with Gasteiger partial charge >= 0.3 is 6.09 Å². The first kappa shape index (κ1) is 18.8. The first-order valence-electron chi connectivity index (χ1n) is 7.00. The van der Waals surface area contributed by atoms with Crippen molar-refractivity contribution < 1.29 is 17.9 Å². The number of hydrogen-bond donors (Lipinski definition) is 0. The van der Waals surface area contributed by atoms with Crippen molar-refractivity contribution in [1.82, 2.24) is 4.90 Å². The minimum absolute atomic E-state index is 0.306. The van der Waals surface area contributed by atoms with E-state index in [-0.39, 0.29) is 0 Å². The summed E-state index contributed by atoms with van der Waals surface area (Å²) in [6.45, 7) is 5.87. The highest BCUT2D eigenvalue weighted by Crippen LogP contribution is 2.23. The molecule has 0 unspecified atom stereocenters. The molecule has 7 heteroatoms. The second-order valence-corrected chi connectivity index (χ2v) is 9.89. The van der Waals surface area contributed by atoms with Crippen LogP contribution in [0.5, 0.6) is 0 Å². The van der Waals surface area contributed by atoms with Crippen molar-refractivity contribution in [1.29, 1.82) is 0 Å². The summed E-state index contributed by atoms with van der Waals surface area (Å²) >= 11 is 0. The highest BCUT2D eigenvalue weighted by molar-refractivity contribution is 8.72. The van der Waals surface area contributed by atoms with E-state index in [1.807, 2.05) is 0 Å². The third-order valence-electron chi connectivity index (χ3n) is 2.61. The van der Waals surface area contributed by atoms with Crippen LogP contribution in [0.2, 0.25) is 0 Å². The normalized spacial score (nSPS) is 12.0. The van der Waals surface area contributed by atoms with Gasteiger partial charge in [-0.1, -0.05) is 18.2 Å². The van der Waals surface area contributed by atoms with Crippen molar-refractivity contribution in [3.05, 3.63) is 30.3 Å². The molecule has 0 aliphatic carbocycles. The number of carbonyl (C=O) groups is 1. The predicted octanol–water partition coefficient (Wildman–Crippen LogP) is 3.37. The largest absolute Gasteiger partial charge is 0.444 e. The second-order valence-electron chi connectivity index (χ2n) is 5.84. The lowest BCUT2D eigenvalue weighted by molar-refractivity contribution is 0.0299. The predicted molar refractivity (Wildman–Crippen MR) is 89.6 cm³/mol. The van der Waals surface area contributed by atoms with Gasteiger partial charge in [0.1, 0.15) is 5.60 Å². The summed E-state index contributed by atoms with van der Waals surface area (Å²) in [5, 5.41) is 0. The maximum absolute atomic E-state index is 12.1. The average Bonchev–Trinajstić information content (AvgIpc) is 2.42. The lowest BCUT2D eigenvalue weighted by Crippen LogP contribution is -2.34. The number of rotatable bonds is 6. The van der Waals surface area contributed by atoms with E-state index in [1.165, 1.54) is 4.90 Å². The third-order valence-corrected chi connectivity index (χ3v) is 6.24. The maximum atomic E-state index is 12.1. The summed E-state index contributed by atoms with van der Waals surface area (Å²) in [7, 11) is -0.790. The fourth-order valence-electron chi connectivity index (χ4n) is 1.56. The molecule has 1 amide bonds. The Bertz CT molecular complexity index is 579. The van der Waals surface area contributed by atoms with Gasteiger partial charge in [0, 0.05) is 19.3 Å². The van der Waals surface area contributed by atoms with Crippen molar-refractivity contribution >= 4 is 25.8 Å². The number of hydrogen-bond acceptors (Lipinski definition) is 5. The van der Waals surface area contributed by atoms with E-state index < -0.39 is 20.6 Å². The number of benzene rings is 1. The zero-order chi connectivity index (χ0) is 16.8. The Kier molecular flexibility index (Phi) is 6.74. The zero-order valence-electron chi connectivity index (χ0n) is 13.4. The molecule has 0 N–H and O–H groups in total. The molecule has 0 atom stereocenters. The molecule has 1 aromatic carbocycles. The molecule has 0 fully saturated rings. The Hall–Kier alpha value is -1.21. The quantitative estimate of drug-likeness (QED) is 0.584. The standard InChI is InChI=1S/C15H23NO4S2/c1-15(2,3)20-14(17)16(4)11-8-12-21-22(18,19)13-9-6-5-7-10-13/h5-7,9-10H,8,11-12H2,1-4H3. The second kappa shape index (κ2) is 7.87. The lowest BCUT2D eigenvalue weighted by atomic mass is 10.2. The number of carbonyl (C=O) groups excluding carboxylic acids is 1. The van der Waals surface area contributed by atoms with Crippen LogP contribution in [0.15, 0.2) is 35.2 Å². The fraction of sp³-hybridized carbons (Fsp3) is 0.533. The third kappa shape index (κ3) is 6.70. The van der Waals surface area contributed by atoms with Crippen LogP contribution >= 0.6 is 10.8 Å². The minimum atomic E-state index is -3.33. The number of amides is 1. The van der Waals surface area contributed by atoms with E-state index >= 15 is 0 Å². The zero-order valence-corrected chi connectivity index (χ0v) is 15.0. The van der Waals surface area contributed by atoms with Gasteiger partial charge in [-0.05, 0) is 50.1 Å². The molecule has 124 valence electrons. The average molecular weight is 345 g/mol. The molecule has 0 aliphatic heterocycles. The smallest absolute Gasteiger partial charge is 0.410 e. The Labute approximate surface area is 136 Å². The van der Waals surface area contributed by atoms with Crippen LogP contribution in [-0.2, 0) is 13.6 Å². The molecule has 0 aromatic heterocycles. The highest BCUT2D eigenvalue weighted by Gasteiger charge is 2.19. The van der Waals surface area contributed by atoms with Gasteiger partial charge in [0.25, 0.3) is 0 Å². The maximum Gasteiger partial charge on any atom is 0.410 e. The molecule has 1 rings (SSSR count). The Morgan fingerprint density at radius 2 is 1.82 bits per heavy atom. The summed E-state index contributed by atoms with van der Waals surface area (Å²) in [5.41, 5.74) is -0.531. The molecule has 0 bridgehead atoms. The summed E-state index contributed by atoms with van der Waals surface area (Å²) in [6, 6.07) is 8.33. The molecule has 0 heterocycles. The Morgan fingerprint density at radius 1 is 1.23 bits per heavy atom. The molecule has 0 aliphatic rings. The van der Waals surface area contributed by atoms with Crippen LogP contribution in [0, 0.1) is 0 Å². The molecule has 0 saturated carbocycles. The van der Waals surface area contributed by atoms with Gasteiger partial charge in [-0.2, -0.15) is 0 Å². The summed E-state index contributed by atoms with van der Waals surface area (Å²) < 4.78 is 29.3. The van der Waals surface area contributed by atoms with E-state index in [9.17, 15) is 13.2 Å². The van der Waals surface area contributed by atoms with E-state index in [0.29, 0.717) is 23.6 Å². The number of nitrogens with zero attached hydrogens (tertiary/aromatic N) is 1. The molecule has 0 radical (unpaired) electrons. The molecule has 0 saturated heterocycles. The summed E-state index contributed by atoms with van der Waals surface area (Å²) in [5.74, 6) is 0.421. The molecular formula is C15H23NO4S2. The van der Waals surface area contributed by atoms with E-state index in [0.717, 1.165) is 10.8 Å². The van der Waals surface area contributed by atoms with Crippen LogP contribution < -0.4 is 0 Å². The van der Waals surface area contributed by atoms with Crippen molar-refractivity contribution in [2.45, 2.75) is 37.7 Å². The topological polar surface area (TPSA) is 63.7 Å². The van der Waals surface area contributed by atoms with Gasteiger partial charge in [0.15, 0.2) is 0 Å². The Morgan fingerprint density at radius 3 is 2.36 bits per heavy atom. The van der Waals surface area contributed by atoms with E-state index in [2.05, 4.69) is 0 Å². The summed E-state index contributed by atoms with van der Waals surface area (Å²) in [6.07, 6.45) is 0.176. The Balaban J connectivity index is 2.38. The van der Waals surface area contributed by atoms with Crippen LogP contribution in [-0.4, -0.2) is 44.4 Å². The molecule has 22 heavy (non-hydrogen) atoms. The highest BCUT2D eigenvalue weighted by atomic mass is 33.1. The van der Waals surface area contributed by atoms with E-state index in [1.54, 1.807) is 58.2 Å². The van der Waals surface area contributed by atoms with Crippen LogP contribution in [0.25, 0.3) is 0 Å². The summed E-state index contributed by atoms with van der Waals surface area (Å²) in [4.78, 5) is 13.5. The van der Waals surface area contributed by atoms with Gasteiger partial charge in [0.2, 0.25) is 8.87 Å². The first-order chi connectivity index (χ1) is 10.1. The first-order valence-corrected chi connectivity index (χ1v) is 9.99. The van der Waals surface area contributed by atoms with Gasteiger partial charge < -0.3 is 9.64 Å². The molecule has 1 aromatic rings. The van der Waals surface area contributed by atoms with Crippen molar-refractivity contribution in [2.75, 3.05) is 19.3 Å². The van der Waals surface area contributed by atoms with Crippen LogP contribution in [0.1, 0.15) is 27.2 Å². The minimum Gasteiger partial charge on any atom is -0.444 e. The molecule has 0 spiro atoms. The van der Waals surface area contributed by atoms with Crippen molar-refractivity contribution in [3.8, 4) is 0 Å². The van der Waals surface area contributed by atoms with Crippen LogP contribution in [0.4, 0.5) is 4.79 Å². The van der Waals surface area contributed by atoms with Crippen LogP contribution in [0.3, 0.4) is 0 Å². The van der Waals surface area contributed by atoms with Crippen molar-refractivity contribution in [3.63, 3.8) is 0 Å². The van der Waals surface area contributed by atoms with Gasteiger partial charge in [-0.25, -0.2) is 13.2 Å². The monoisotopic (exact) mass is 345 g/mol.